The Morgan fingerprint density at radius 1 is 1.11 bits per heavy atom. The van der Waals surface area contributed by atoms with Gasteiger partial charge in [0.25, 0.3) is 5.69 Å². The molecule has 0 saturated carbocycles. The number of hydrogen-bond donors (Lipinski definition) is 0. The van der Waals surface area contributed by atoms with E-state index in [4.69, 9.17) is 6.42 Å². The van der Waals surface area contributed by atoms with Crippen molar-refractivity contribution >= 4 is 17.1 Å². The first-order valence-corrected chi connectivity index (χ1v) is 5.56. The molecule has 0 aliphatic rings. The van der Waals surface area contributed by atoms with Gasteiger partial charge in [-0.05, 0) is 24.1 Å². The van der Waals surface area contributed by atoms with Gasteiger partial charge in [0.15, 0.2) is 0 Å². The van der Waals surface area contributed by atoms with Crippen LogP contribution in [0.3, 0.4) is 0 Å². The predicted octanol–water partition coefficient (Wildman–Crippen LogP) is 3.35. The number of para-hydroxylation sites is 2. The zero-order valence-corrected chi connectivity index (χ0v) is 9.98. The highest BCUT2D eigenvalue weighted by molar-refractivity contribution is 6.15. The quantitative estimate of drug-likeness (QED) is 0.363. The molecule has 0 atom stereocenters. The molecule has 0 amide bonds. The van der Waals surface area contributed by atoms with Crippen LogP contribution in [0.4, 0.5) is 11.4 Å². The monoisotopic (exact) mass is 250 g/mol. The number of terminal acetylenes is 1. The number of nitro benzene ring substituents is 1. The Kier molecular flexibility index (Phi) is 3.70. The molecule has 4 heteroatoms. The molecule has 19 heavy (non-hydrogen) atoms. The summed E-state index contributed by atoms with van der Waals surface area (Å²) in [6.07, 6.45) is 5.42. The van der Waals surface area contributed by atoms with Crippen LogP contribution in [-0.4, -0.2) is 10.6 Å². The van der Waals surface area contributed by atoms with E-state index < -0.39 is 4.92 Å². The molecule has 2 aromatic carbocycles. The molecule has 0 N–H and O–H groups in total. The van der Waals surface area contributed by atoms with Crippen LogP contribution >= 0.6 is 0 Å². The molecule has 0 heterocycles. The summed E-state index contributed by atoms with van der Waals surface area (Å²) in [5, 5.41) is 11.0. The van der Waals surface area contributed by atoms with Crippen LogP contribution in [0.25, 0.3) is 0 Å². The fraction of sp³-hybridized carbons (Fsp3) is 0. The summed E-state index contributed by atoms with van der Waals surface area (Å²) in [6, 6.07) is 15.4. The molecule has 2 aromatic rings. The lowest BCUT2D eigenvalue weighted by atomic mass is 10.1. The second-order valence-electron chi connectivity index (χ2n) is 3.71. The third-order valence-electron chi connectivity index (χ3n) is 2.49. The molecule has 92 valence electrons. The SMILES string of the molecule is C#CC(=Nc1ccccc1)c1ccccc1[N+](=O)[O-]. The summed E-state index contributed by atoms with van der Waals surface area (Å²) >= 11 is 0. The molecule has 0 aliphatic heterocycles. The highest BCUT2D eigenvalue weighted by atomic mass is 16.6. The van der Waals surface area contributed by atoms with E-state index in [9.17, 15) is 10.1 Å². The fourth-order valence-electron chi connectivity index (χ4n) is 1.63. The van der Waals surface area contributed by atoms with Gasteiger partial charge in [-0.25, -0.2) is 4.99 Å². The molecular weight excluding hydrogens is 240 g/mol. The predicted molar refractivity (Wildman–Crippen MR) is 74.6 cm³/mol. The third-order valence-corrected chi connectivity index (χ3v) is 2.49. The van der Waals surface area contributed by atoms with Crippen LogP contribution in [0.15, 0.2) is 59.6 Å². The van der Waals surface area contributed by atoms with Gasteiger partial charge < -0.3 is 0 Å². The van der Waals surface area contributed by atoms with Crippen molar-refractivity contribution in [1.29, 1.82) is 0 Å². The van der Waals surface area contributed by atoms with Crippen LogP contribution in [0.2, 0.25) is 0 Å². The van der Waals surface area contributed by atoms with Crippen molar-refractivity contribution in [3.05, 3.63) is 70.3 Å². The molecule has 0 radical (unpaired) electrons. The van der Waals surface area contributed by atoms with Gasteiger partial charge in [0.1, 0.15) is 5.71 Å². The lowest BCUT2D eigenvalue weighted by molar-refractivity contribution is -0.385. The van der Waals surface area contributed by atoms with Gasteiger partial charge in [-0.15, -0.1) is 6.42 Å². The average molecular weight is 250 g/mol. The summed E-state index contributed by atoms with van der Waals surface area (Å²) in [5.41, 5.74) is 1.21. The van der Waals surface area contributed by atoms with Crippen molar-refractivity contribution in [3.63, 3.8) is 0 Å². The minimum Gasteiger partial charge on any atom is -0.258 e. The van der Waals surface area contributed by atoms with Crippen molar-refractivity contribution in [2.75, 3.05) is 0 Å². The van der Waals surface area contributed by atoms with Crippen molar-refractivity contribution in [3.8, 4) is 12.3 Å². The molecule has 4 nitrogen and oxygen atoms in total. The smallest absolute Gasteiger partial charge is 0.258 e. The maximum absolute atomic E-state index is 11.0. The maximum Gasteiger partial charge on any atom is 0.279 e. The first kappa shape index (κ1) is 12.5. The third kappa shape index (κ3) is 2.85. The Labute approximate surface area is 110 Å². The molecule has 0 aromatic heterocycles. The molecular formula is C15H10N2O2. The Balaban J connectivity index is 2.53. The first-order chi connectivity index (χ1) is 9.22. The van der Waals surface area contributed by atoms with Crippen LogP contribution in [-0.2, 0) is 0 Å². The summed E-state index contributed by atoms with van der Waals surface area (Å²) in [5.74, 6) is 2.41. The van der Waals surface area contributed by atoms with E-state index in [1.807, 2.05) is 18.2 Å². The van der Waals surface area contributed by atoms with E-state index in [1.165, 1.54) is 6.07 Å². The number of nitrogens with zero attached hydrogens (tertiary/aromatic N) is 2. The van der Waals surface area contributed by atoms with E-state index in [1.54, 1.807) is 30.3 Å². The van der Waals surface area contributed by atoms with Crippen LogP contribution in [0, 0.1) is 22.5 Å². The van der Waals surface area contributed by atoms with Gasteiger partial charge in [0.2, 0.25) is 0 Å². The summed E-state index contributed by atoms with van der Waals surface area (Å²) in [7, 11) is 0. The second kappa shape index (κ2) is 5.61. The topological polar surface area (TPSA) is 55.5 Å². The van der Waals surface area contributed by atoms with Crippen molar-refractivity contribution in [2.24, 2.45) is 4.99 Å². The minimum atomic E-state index is -0.465. The van der Waals surface area contributed by atoms with E-state index in [0.717, 1.165) is 0 Å². The van der Waals surface area contributed by atoms with Gasteiger partial charge in [0.05, 0.1) is 16.2 Å². The number of hydrogen-bond acceptors (Lipinski definition) is 3. The number of aliphatic imine (C=N–C) groups is 1. The number of benzene rings is 2. The standard InChI is InChI=1S/C15H10N2O2/c1-2-14(16-12-8-4-3-5-9-12)13-10-6-7-11-15(13)17(18)19/h1,3-11H. The summed E-state index contributed by atoms with van der Waals surface area (Å²) in [4.78, 5) is 14.8. The Hall–Kier alpha value is -2.93. The van der Waals surface area contributed by atoms with Crippen molar-refractivity contribution in [2.45, 2.75) is 0 Å². The number of nitro groups is 1. The van der Waals surface area contributed by atoms with Crippen LogP contribution in [0.1, 0.15) is 5.56 Å². The van der Waals surface area contributed by atoms with Crippen LogP contribution < -0.4 is 0 Å². The zero-order valence-electron chi connectivity index (χ0n) is 9.98. The minimum absolute atomic E-state index is 0.0462. The molecule has 0 saturated heterocycles. The van der Waals surface area contributed by atoms with Gasteiger partial charge >= 0.3 is 0 Å². The first-order valence-electron chi connectivity index (χ1n) is 5.56. The van der Waals surface area contributed by atoms with E-state index in [0.29, 0.717) is 11.3 Å². The molecule has 0 spiro atoms. The summed E-state index contributed by atoms with van der Waals surface area (Å²) < 4.78 is 0. The molecule has 0 aliphatic carbocycles. The van der Waals surface area contributed by atoms with Gasteiger partial charge in [-0.2, -0.15) is 0 Å². The highest BCUT2D eigenvalue weighted by Gasteiger charge is 2.16. The average Bonchev–Trinajstić information content (AvgIpc) is 2.46. The Morgan fingerprint density at radius 2 is 1.74 bits per heavy atom. The van der Waals surface area contributed by atoms with Gasteiger partial charge in [-0.1, -0.05) is 30.3 Å². The molecule has 0 bridgehead atoms. The van der Waals surface area contributed by atoms with E-state index >= 15 is 0 Å². The lowest BCUT2D eigenvalue weighted by Gasteiger charge is -2.01. The maximum atomic E-state index is 11.0. The van der Waals surface area contributed by atoms with E-state index in [2.05, 4.69) is 10.9 Å². The van der Waals surface area contributed by atoms with Gasteiger partial charge in [-0.3, -0.25) is 10.1 Å². The molecule has 2 rings (SSSR count). The highest BCUT2D eigenvalue weighted by Crippen LogP contribution is 2.21. The Bertz CT molecular complexity index is 670. The molecule has 0 fully saturated rings. The van der Waals surface area contributed by atoms with E-state index in [-0.39, 0.29) is 11.4 Å². The lowest BCUT2D eigenvalue weighted by Crippen LogP contribution is -2.02. The summed E-state index contributed by atoms with van der Waals surface area (Å²) in [6.45, 7) is 0. The largest absolute Gasteiger partial charge is 0.279 e. The fourth-order valence-corrected chi connectivity index (χ4v) is 1.63. The van der Waals surface area contributed by atoms with Gasteiger partial charge in [0, 0.05) is 6.07 Å². The van der Waals surface area contributed by atoms with Crippen molar-refractivity contribution < 1.29 is 4.92 Å². The second-order valence-corrected chi connectivity index (χ2v) is 3.71. The zero-order chi connectivity index (χ0) is 13.7. The van der Waals surface area contributed by atoms with Crippen LogP contribution in [0.5, 0.6) is 0 Å². The normalized spacial score (nSPS) is 10.8. The number of rotatable bonds is 3. The molecule has 0 unspecified atom stereocenters. The Morgan fingerprint density at radius 3 is 2.37 bits per heavy atom. The van der Waals surface area contributed by atoms with Crippen molar-refractivity contribution in [1.82, 2.24) is 0 Å².